The third-order valence-corrected chi connectivity index (χ3v) is 6.75. The van der Waals surface area contributed by atoms with Gasteiger partial charge in [0.05, 0.1) is 18.8 Å². The van der Waals surface area contributed by atoms with Gasteiger partial charge in [0.2, 0.25) is 0 Å². The first-order chi connectivity index (χ1) is 19.0. The van der Waals surface area contributed by atoms with Gasteiger partial charge in [0, 0.05) is 32.4 Å². The lowest BCUT2D eigenvalue weighted by Gasteiger charge is -2.39. The fraction of sp³-hybridized carbons (Fsp3) is 0.577. The van der Waals surface area contributed by atoms with Gasteiger partial charge >= 0.3 is 24.3 Å². The summed E-state index contributed by atoms with van der Waals surface area (Å²) < 4.78 is 74.8. The van der Waals surface area contributed by atoms with E-state index in [-0.39, 0.29) is 0 Å². The van der Waals surface area contributed by atoms with E-state index >= 15 is 0 Å². The second-order valence-corrected chi connectivity index (χ2v) is 9.93. The van der Waals surface area contributed by atoms with Gasteiger partial charge in [-0.3, -0.25) is 14.8 Å². The number of aromatic nitrogens is 1. The number of furan rings is 1. The highest BCUT2D eigenvalue weighted by Crippen LogP contribution is 2.44. The van der Waals surface area contributed by atoms with Crippen LogP contribution < -0.4 is 0 Å². The first-order valence-corrected chi connectivity index (χ1v) is 12.6. The number of alkyl halides is 6. The molecule has 0 aromatic carbocycles. The summed E-state index contributed by atoms with van der Waals surface area (Å²) in [6, 6.07) is 10.9. The van der Waals surface area contributed by atoms with Crippen LogP contribution in [0, 0.1) is 12.3 Å². The number of rotatable bonds is 6. The molecule has 4 rings (SSSR count). The normalized spacial score (nSPS) is 19.2. The number of halogens is 6. The molecule has 2 aliphatic rings. The quantitative estimate of drug-likeness (QED) is 0.455. The Morgan fingerprint density at radius 1 is 1.02 bits per heavy atom. The average Bonchev–Trinajstić information content (AvgIpc) is 3.44. The minimum atomic E-state index is -5.08. The lowest BCUT2D eigenvalue weighted by Crippen LogP contribution is -2.41. The van der Waals surface area contributed by atoms with Crippen molar-refractivity contribution in [3.63, 3.8) is 0 Å². The summed E-state index contributed by atoms with van der Waals surface area (Å²) in [6.07, 6.45) is -4.53. The molecular formula is C26H33F6N3O6. The van der Waals surface area contributed by atoms with Gasteiger partial charge in [-0.1, -0.05) is 6.07 Å². The third kappa shape index (κ3) is 11.3. The lowest BCUT2D eigenvalue weighted by molar-refractivity contribution is -0.193. The second-order valence-electron chi connectivity index (χ2n) is 9.93. The van der Waals surface area contributed by atoms with Crippen LogP contribution in [0.15, 0.2) is 40.9 Å². The Labute approximate surface area is 232 Å². The SMILES string of the molecule is COCC1CC2(CCN(Cc3ccc(C)o3)CC2)CN1Cc1ccccn1.O=C(O)C(F)(F)F.O=C(O)C(F)(F)F. The lowest BCUT2D eigenvalue weighted by atomic mass is 9.76. The van der Waals surface area contributed by atoms with Crippen LogP contribution in [0.5, 0.6) is 0 Å². The summed E-state index contributed by atoms with van der Waals surface area (Å²) in [5.41, 5.74) is 1.58. The maximum atomic E-state index is 10.6. The monoisotopic (exact) mass is 597 g/mol. The predicted octanol–water partition coefficient (Wildman–Crippen LogP) is 4.75. The van der Waals surface area contributed by atoms with E-state index in [1.165, 1.54) is 19.3 Å². The highest BCUT2D eigenvalue weighted by atomic mass is 19.4. The van der Waals surface area contributed by atoms with Gasteiger partial charge in [0.25, 0.3) is 0 Å². The van der Waals surface area contributed by atoms with Crippen LogP contribution in [0.1, 0.15) is 36.5 Å². The minimum absolute atomic E-state index is 0.424. The Morgan fingerprint density at radius 3 is 2.05 bits per heavy atom. The Hall–Kier alpha value is -3.17. The van der Waals surface area contributed by atoms with E-state index in [9.17, 15) is 26.3 Å². The molecule has 2 fully saturated rings. The molecule has 2 saturated heterocycles. The number of piperidine rings is 1. The zero-order valence-corrected chi connectivity index (χ0v) is 22.5. The molecule has 0 bridgehead atoms. The van der Waals surface area contributed by atoms with E-state index in [1.807, 2.05) is 26.3 Å². The van der Waals surface area contributed by atoms with Crippen molar-refractivity contribution in [2.24, 2.45) is 5.41 Å². The van der Waals surface area contributed by atoms with Crippen molar-refractivity contribution < 1.29 is 55.3 Å². The van der Waals surface area contributed by atoms with Crippen LogP contribution in [-0.2, 0) is 27.4 Å². The van der Waals surface area contributed by atoms with Crippen molar-refractivity contribution in [1.82, 2.24) is 14.8 Å². The van der Waals surface area contributed by atoms with Crippen molar-refractivity contribution >= 4 is 11.9 Å². The first kappa shape index (κ1) is 34.0. The number of nitrogens with zero attached hydrogens (tertiary/aromatic N) is 3. The van der Waals surface area contributed by atoms with Crippen molar-refractivity contribution in [3.05, 3.63) is 53.7 Å². The van der Waals surface area contributed by atoms with Gasteiger partial charge in [0.1, 0.15) is 11.5 Å². The summed E-state index contributed by atoms with van der Waals surface area (Å²) in [5.74, 6) is -3.43. The molecule has 0 amide bonds. The molecule has 0 aliphatic carbocycles. The van der Waals surface area contributed by atoms with Crippen LogP contribution in [0.4, 0.5) is 26.3 Å². The molecule has 1 spiro atoms. The van der Waals surface area contributed by atoms with Gasteiger partial charge in [-0.25, -0.2) is 9.59 Å². The number of hydrogen-bond donors (Lipinski definition) is 2. The number of likely N-dealkylation sites (tertiary alicyclic amines) is 2. The number of aryl methyl sites for hydroxylation is 1. The molecular weight excluding hydrogens is 564 g/mol. The Bertz CT molecular complexity index is 1080. The molecule has 230 valence electrons. The van der Waals surface area contributed by atoms with Crippen LogP contribution in [0.2, 0.25) is 0 Å². The van der Waals surface area contributed by atoms with Crippen molar-refractivity contribution in [2.75, 3.05) is 33.4 Å². The largest absolute Gasteiger partial charge is 0.490 e. The number of carboxylic acid groups (broad SMARTS) is 2. The molecule has 1 atom stereocenters. The summed E-state index contributed by atoms with van der Waals surface area (Å²) in [5, 5.41) is 14.2. The number of hydrogen-bond acceptors (Lipinski definition) is 7. The molecule has 15 heteroatoms. The summed E-state index contributed by atoms with van der Waals surface area (Å²) >= 11 is 0. The van der Waals surface area contributed by atoms with E-state index in [0.29, 0.717) is 11.5 Å². The molecule has 1 unspecified atom stereocenters. The maximum absolute atomic E-state index is 10.6. The molecule has 0 radical (unpaired) electrons. The standard InChI is InChI=1S/C22H31N3O2.2C2HF3O2/c1-18-6-7-21(27-18)15-24-11-8-22(9-12-24)13-20(16-26-2)25(17-22)14-19-5-3-4-10-23-19;2*3-2(4,5)1(6)7/h3-7,10,20H,8-9,11-17H2,1-2H3;2*(H,6,7). The van der Waals surface area contributed by atoms with E-state index in [0.717, 1.165) is 56.5 Å². The molecule has 2 aromatic heterocycles. The molecule has 0 saturated carbocycles. The van der Waals surface area contributed by atoms with Gasteiger partial charge < -0.3 is 19.4 Å². The van der Waals surface area contributed by atoms with Gasteiger partial charge in [-0.05, 0) is 69.0 Å². The molecule has 4 heterocycles. The number of pyridine rings is 1. The Morgan fingerprint density at radius 2 is 1.61 bits per heavy atom. The Kier molecular flexibility index (Phi) is 12.2. The van der Waals surface area contributed by atoms with Gasteiger partial charge in [-0.2, -0.15) is 26.3 Å². The second kappa shape index (κ2) is 14.6. The minimum Gasteiger partial charge on any atom is -0.475 e. The van der Waals surface area contributed by atoms with E-state index < -0.39 is 24.3 Å². The average molecular weight is 598 g/mol. The molecule has 2 N–H and O–H groups in total. The van der Waals surface area contributed by atoms with Crippen LogP contribution in [-0.4, -0.2) is 88.7 Å². The molecule has 2 aromatic rings. The van der Waals surface area contributed by atoms with Gasteiger partial charge in [-0.15, -0.1) is 0 Å². The molecule has 9 nitrogen and oxygen atoms in total. The predicted molar refractivity (Wildman–Crippen MR) is 133 cm³/mol. The maximum Gasteiger partial charge on any atom is 0.490 e. The summed E-state index contributed by atoms with van der Waals surface area (Å²) in [4.78, 5) is 27.5. The number of carboxylic acids is 2. The van der Waals surface area contributed by atoms with Crippen molar-refractivity contribution in [2.45, 2.75) is 57.7 Å². The smallest absolute Gasteiger partial charge is 0.475 e. The van der Waals surface area contributed by atoms with Crippen LogP contribution >= 0.6 is 0 Å². The number of ether oxygens (including phenoxy) is 1. The number of aliphatic carboxylic acids is 2. The first-order valence-electron chi connectivity index (χ1n) is 12.6. The highest BCUT2D eigenvalue weighted by Gasteiger charge is 2.45. The third-order valence-electron chi connectivity index (χ3n) is 6.75. The summed E-state index contributed by atoms with van der Waals surface area (Å²) in [6.45, 7) is 8.14. The van der Waals surface area contributed by atoms with Gasteiger partial charge in [0.15, 0.2) is 0 Å². The molecule has 2 aliphatic heterocycles. The Balaban J connectivity index is 0.000000349. The zero-order valence-electron chi connectivity index (χ0n) is 22.5. The van der Waals surface area contributed by atoms with E-state index in [2.05, 4.69) is 39.0 Å². The van der Waals surface area contributed by atoms with Crippen molar-refractivity contribution in [1.29, 1.82) is 0 Å². The highest BCUT2D eigenvalue weighted by molar-refractivity contribution is 5.73. The fourth-order valence-electron chi connectivity index (χ4n) is 4.83. The zero-order chi connectivity index (χ0) is 30.8. The number of carbonyl (C=O) groups is 2. The van der Waals surface area contributed by atoms with Crippen LogP contribution in [0.3, 0.4) is 0 Å². The van der Waals surface area contributed by atoms with E-state index in [1.54, 1.807) is 0 Å². The van der Waals surface area contributed by atoms with Crippen molar-refractivity contribution in [3.8, 4) is 0 Å². The topological polar surface area (TPSA) is 116 Å². The van der Waals surface area contributed by atoms with Crippen LogP contribution in [0.25, 0.3) is 0 Å². The summed E-state index contributed by atoms with van der Waals surface area (Å²) in [7, 11) is 1.82. The molecule has 41 heavy (non-hydrogen) atoms. The van der Waals surface area contributed by atoms with E-state index in [4.69, 9.17) is 29.0 Å². The number of methoxy groups -OCH3 is 1. The fourth-order valence-corrected chi connectivity index (χ4v) is 4.83.